The van der Waals surface area contributed by atoms with E-state index in [2.05, 4.69) is 21.2 Å². The highest BCUT2D eigenvalue weighted by atomic mass is 79.9. The lowest BCUT2D eigenvalue weighted by atomic mass is 9.86. The molecule has 2 saturated carbocycles. The third-order valence-corrected chi connectivity index (χ3v) is 5.77. The summed E-state index contributed by atoms with van der Waals surface area (Å²) in [5.41, 5.74) is 0.307. The Balaban J connectivity index is 1.45. The molecule has 1 aromatic rings. The van der Waals surface area contributed by atoms with Crippen molar-refractivity contribution in [2.24, 2.45) is 17.8 Å². The van der Waals surface area contributed by atoms with Gasteiger partial charge < -0.3 is 10.1 Å². The molecule has 0 radical (unpaired) electrons. The standard InChI is InChI=1S/C17H19BrN2O5/c18-14-8-13(20(23)24)3-4-15(14)19-16(21)9-25-17(22)7-12-6-10-1-2-11(12)5-10/h3-4,8,10-12H,1-2,5-7,9H2,(H,19,21)/t10-,11-,12-/m0/s1. The molecule has 1 N–H and O–H groups in total. The van der Waals surface area contributed by atoms with Crippen LogP contribution < -0.4 is 5.32 Å². The highest BCUT2D eigenvalue weighted by Gasteiger charge is 2.40. The van der Waals surface area contributed by atoms with Gasteiger partial charge in [-0.05, 0) is 59.0 Å². The average Bonchev–Trinajstić information content (AvgIpc) is 3.17. The molecule has 1 amide bonds. The molecule has 0 aromatic heterocycles. The maximum absolute atomic E-state index is 11.9. The molecule has 0 saturated heterocycles. The molecular weight excluding hydrogens is 392 g/mol. The summed E-state index contributed by atoms with van der Waals surface area (Å²) in [6.07, 6.45) is 5.20. The number of ether oxygens (including phenoxy) is 1. The number of nitrogens with one attached hydrogen (secondary N) is 1. The number of amides is 1. The van der Waals surface area contributed by atoms with E-state index in [1.807, 2.05) is 0 Å². The van der Waals surface area contributed by atoms with E-state index >= 15 is 0 Å². The van der Waals surface area contributed by atoms with Crippen LogP contribution in [0.4, 0.5) is 11.4 Å². The van der Waals surface area contributed by atoms with Crippen molar-refractivity contribution in [2.75, 3.05) is 11.9 Å². The number of rotatable bonds is 6. The molecular formula is C17H19BrN2O5. The van der Waals surface area contributed by atoms with Gasteiger partial charge in [-0.1, -0.05) is 6.42 Å². The van der Waals surface area contributed by atoms with Gasteiger partial charge in [-0.15, -0.1) is 0 Å². The number of carbonyl (C=O) groups excluding carboxylic acids is 2. The molecule has 7 nitrogen and oxygen atoms in total. The molecule has 1 aromatic carbocycles. The third-order valence-electron chi connectivity index (χ3n) is 5.12. The fourth-order valence-corrected chi connectivity index (χ4v) is 4.42. The van der Waals surface area contributed by atoms with Gasteiger partial charge in [0.1, 0.15) is 0 Å². The van der Waals surface area contributed by atoms with Gasteiger partial charge >= 0.3 is 5.97 Å². The van der Waals surface area contributed by atoms with E-state index < -0.39 is 10.8 Å². The Bertz CT molecular complexity index is 708. The first-order valence-corrected chi connectivity index (χ1v) is 9.11. The Morgan fingerprint density at radius 3 is 2.72 bits per heavy atom. The van der Waals surface area contributed by atoms with Crippen molar-refractivity contribution >= 4 is 39.2 Å². The molecule has 3 atom stereocenters. The van der Waals surface area contributed by atoms with E-state index in [9.17, 15) is 19.7 Å². The minimum Gasteiger partial charge on any atom is -0.456 e. The number of nitro groups is 1. The van der Waals surface area contributed by atoms with Crippen molar-refractivity contribution in [2.45, 2.75) is 32.1 Å². The van der Waals surface area contributed by atoms with Crippen molar-refractivity contribution in [1.82, 2.24) is 0 Å². The Hall–Kier alpha value is -1.96. The van der Waals surface area contributed by atoms with Crippen LogP contribution in [0.5, 0.6) is 0 Å². The fourth-order valence-electron chi connectivity index (χ4n) is 3.95. The number of hydrogen-bond donors (Lipinski definition) is 1. The summed E-state index contributed by atoms with van der Waals surface area (Å²) < 4.78 is 5.46. The zero-order valence-corrected chi connectivity index (χ0v) is 15.2. The minimum atomic E-state index is -0.520. The first-order chi connectivity index (χ1) is 11.9. The van der Waals surface area contributed by atoms with E-state index in [1.165, 1.54) is 37.5 Å². The first-order valence-electron chi connectivity index (χ1n) is 8.31. The number of hydrogen-bond acceptors (Lipinski definition) is 5. The lowest BCUT2D eigenvalue weighted by molar-refractivity contribution is -0.384. The molecule has 2 aliphatic carbocycles. The van der Waals surface area contributed by atoms with Crippen LogP contribution in [-0.4, -0.2) is 23.4 Å². The number of anilines is 1. The number of benzene rings is 1. The molecule has 0 unspecified atom stereocenters. The van der Waals surface area contributed by atoms with E-state index in [4.69, 9.17) is 4.74 Å². The molecule has 0 spiro atoms. The second-order valence-corrected chi connectivity index (χ2v) is 7.62. The van der Waals surface area contributed by atoms with Gasteiger partial charge in [0.2, 0.25) is 0 Å². The summed E-state index contributed by atoms with van der Waals surface area (Å²) >= 11 is 3.17. The van der Waals surface area contributed by atoms with Crippen molar-refractivity contribution in [3.05, 3.63) is 32.8 Å². The molecule has 8 heteroatoms. The van der Waals surface area contributed by atoms with Crippen LogP contribution in [0.1, 0.15) is 32.1 Å². The monoisotopic (exact) mass is 410 g/mol. The highest BCUT2D eigenvalue weighted by molar-refractivity contribution is 9.10. The molecule has 0 aliphatic heterocycles. The Morgan fingerprint density at radius 1 is 1.32 bits per heavy atom. The third kappa shape index (κ3) is 4.36. The van der Waals surface area contributed by atoms with Gasteiger partial charge in [-0.2, -0.15) is 0 Å². The van der Waals surface area contributed by atoms with Crippen molar-refractivity contribution in [3.63, 3.8) is 0 Å². The van der Waals surface area contributed by atoms with Crippen LogP contribution in [0.15, 0.2) is 22.7 Å². The Labute approximate surface area is 153 Å². The Morgan fingerprint density at radius 2 is 2.12 bits per heavy atom. The SMILES string of the molecule is O=C(COC(=O)C[C@@H]1C[C@H]2CC[C@H]1C2)Nc1ccc([N+](=O)[O-])cc1Br. The van der Waals surface area contributed by atoms with Crippen LogP contribution in [0.2, 0.25) is 0 Å². The van der Waals surface area contributed by atoms with Crippen LogP contribution in [0.3, 0.4) is 0 Å². The van der Waals surface area contributed by atoms with Gasteiger partial charge in [0, 0.05) is 23.0 Å². The average molecular weight is 411 g/mol. The number of carbonyl (C=O) groups is 2. The smallest absolute Gasteiger partial charge is 0.306 e. The van der Waals surface area contributed by atoms with Gasteiger partial charge in [0.25, 0.3) is 11.6 Å². The van der Waals surface area contributed by atoms with Gasteiger partial charge in [-0.25, -0.2) is 0 Å². The predicted octanol–water partition coefficient (Wildman–Crippen LogP) is 3.67. The van der Waals surface area contributed by atoms with Gasteiger partial charge in [0.05, 0.1) is 10.6 Å². The summed E-state index contributed by atoms with van der Waals surface area (Å²) in [7, 11) is 0. The minimum absolute atomic E-state index is 0.0813. The molecule has 2 bridgehead atoms. The second kappa shape index (κ2) is 7.51. The summed E-state index contributed by atoms with van der Waals surface area (Å²) in [6, 6.07) is 4.02. The lowest BCUT2D eigenvalue weighted by Gasteiger charge is -2.20. The van der Waals surface area contributed by atoms with Crippen molar-refractivity contribution < 1.29 is 19.2 Å². The maximum atomic E-state index is 11.9. The van der Waals surface area contributed by atoms with Gasteiger partial charge in [0.15, 0.2) is 6.61 Å². The van der Waals surface area contributed by atoms with Gasteiger partial charge in [-0.3, -0.25) is 19.7 Å². The van der Waals surface area contributed by atoms with Crippen LogP contribution in [-0.2, 0) is 14.3 Å². The number of halogens is 1. The summed E-state index contributed by atoms with van der Waals surface area (Å²) in [4.78, 5) is 34.0. The maximum Gasteiger partial charge on any atom is 0.306 e. The highest BCUT2D eigenvalue weighted by Crippen LogP contribution is 2.49. The number of fused-ring (bicyclic) bond motifs is 2. The number of non-ortho nitro benzene ring substituents is 1. The summed E-state index contributed by atoms with van der Waals surface area (Å²) in [6.45, 7) is -0.358. The number of nitrogens with zero attached hydrogens (tertiary/aromatic N) is 1. The lowest BCUT2D eigenvalue weighted by Crippen LogP contribution is -2.23. The topological polar surface area (TPSA) is 98.5 Å². The molecule has 134 valence electrons. The largest absolute Gasteiger partial charge is 0.456 e. The van der Waals surface area contributed by atoms with Crippen LogP contribution in [0.25, 0.3) is 0 Å². The Kier molecular flexibility index (Phi) is 5.36. The number of nitro benzene ring substituents is 1. The zero-order chi connectivity index (χ0) is 18.0. The quantitative estimate of drug-likeness (QED) is 0.438. The van der Waals surface area contributed by atoms with Crippen molar-refractivity contribution in [3.8, 4) is 0 Å². The van der Waals surface area contributed by atoms with Crippen molar-refractivity contribution in [1.29, 1.82) is 0 Å². The number of esters is 1. The summed E-state index contributed by atoms with van der Waals surface area (Å²) in [5, 5.41) is 13.3. The van der Waals surface area contributed by atoms with E-state index in [1.54, 1.807) is 0 Å². The summed E-state index contributed by atoms with van der Waals surface area (Å²) in [5.74, 6) is 0.998. The first kappa shape index (κ1) is 17.8. The molecule has 25 heavy (non-hydrogen) atoms. The molecule has 0 heterocycles. The molecule has 2 aliphatic rings. The predicted molar refractivity (Wildman–Crippen MR) is 93.9 cm³/mol. The zero-order valence-electron chi connectivity index (χ0n) is 13.6. The van der Waals surface area contributed by atoms with E-state index in [0.717, 1.165) is 12.3 Å². The fraction of sp³-hybridized carbons (Fsp3) is 0.529. The molecule has 3 rings (SSSR count). The normalized spacial score (nSPS) is 24.1. The second-order valence-electron chi connectivity index (χ2n) is 6.77. The molecule has 2 fully saturated rings. The van der Waals surface area contributed by atoms with E-state index in [-0.39, 0.29) is 18.3 Å². The van der Waals surface area contributed by atoms with Crippen LogP contribution in [0, 0.1) is 27.9 Å². The van der Waals surface area contributed by atoms with Crippen LogP contribution >= 0.6 is 15.9 Å². The van der Waals surface area contributed by atoms with E-state index in [0.29, 0.717) is 28.4 Å².